The van der Waals surface area contributed by atoms with Crippen LogP contribution in [0, 0.1) is 29.5 Å². The number of rotatable bonds is 7. The molecule has 2 saturated heterocycles. The zero-order valence-corrected chi connectivity index (χ0v) is 24.6. The van der Waals surface area contributed by atoms with Gasteiger partial charge in [0.05, 0.1) is 30.1 Å². The number of carbonyl (C=O) groups is 3. The van der Waals surface area contributed by atoms with Crippen LogP contribution in [0.25, 0.3) is 0 Å². The molecule has 2 bridgehead atoms. The molecule has 3 aliphatic heterocycles. The van der Waals surface area contributed by atoms with Crippen molar-refractivity contribution < 1.29 is 28.2 Å². The van der Waals surface area contributed by atoms with Crippen molar-refractivity contribution in [3.63, 3.8) is 0 Å². The molecule has 3 heterocycles. The van der Waals surface area contributed by atoms with Gasteiger partial charge in [-0.1, -0.05) is 62.6 Å². The van der Waals surface area contributed by atoms with E-state index in [1.807, 2.05) is 12.1 Å². The first-order chi connectivity index (χ1) is 20.1. The molecule has 3 fully saturated rings. The lowest BCUT2D eigenvalue weighted by molar-refractivity contribution is -0.142. The first-order valence-electron chi connectivity index (χ1n) is 14.5. The average molecular weight is 596 g/mol. The van der Waals surface area contributed by atoms with Gasteiger partial charge >= 0.3 is 0 Å². The molecule has 1 spiro atoms. The van der Waals surface area contributed by atoms with E-state index in [-0.39, 0.29) is 29.4 Å². The van der Waals surface area contributed by atoms with Gasteiger partial charge in [0.15, 0.2) is 0 Å². The van der Waals surface area contributed by atoms with E-state index < -0.39 is 41.3 Å². The van der Waals surface area contributed by atoms with Crippen molar-refractivity contribution in [1.29, 1.82) is 0 Å². The van der Waals surface area contributed by atoms with E-state index in [1.54, 1.807) is 36.3 Å². The van der Waals surface area contributed by atoms with Gasteiger partial charge in [0.25, 0.3) is 0 Å². The number of amides is 3. The van der Waals surface area contributed by atoms with Gasteiger partial charge in [-0.25, -0.2) is 4.39 Å². The van der Waals surface area contributed by atoms with Crippen LogP contribution in [0.3, 0.4) is 0 Å². The number of anilines is 1. The van der Waals surface area contributed by atoms with E-state index in [2.05, 4.69) is 24.5 Å². The predicted molar refractivity (Wildman–Crippen MR) is 155 cm³/mol. The Morgan fingerprint density at radius 3 is 2.62 bits per heavy atom. The molecular formula is C32H35ClFN3O5. The highest BCUT2D eigenvalue weighted by Gasteiger charge is 2.72. The topological polar surface area (TPSA) is 97.0 Å². The van der Waals surface area contributed by atoms with Gasteiger partial charge in [0, 0.05) is 18.3 Å². The molecule has 2 aromatic rings. The van der Waals surface area contributed by atoms with Crippen LogP contribution in [0.2, 0.25) is 5.02 Å². The summed E-state index contributed by atoms with van der Waals surface area (Å²) in [6.07, 6.45) is 5.91. The van der Waals surface area contributed by atoms with E-state index >= 15 is 0 Å². The number of ether oxygens (including phenoxy) is 2. The molecule has 0 radical (unpaired) electrons. The van der Waals surface area contributed by atoms with Crippen LogP contribution in [0.1, 0.15) is 38.7 Å². The highest BCUT2D eigenvalue weighted by Crippen LogP contribution is 2.55. The van der Waals surface area contributed by atoms with Gasteiger partial charge in [0.2, 0.25) is 17.7 Å². The predicted octanol–water partition coefficient (Wildman–Crippen LogP) is 4.72. The Labute approximate surface area is 249 Å². The van der Waals surface area contributed by atoms with E-state index in [4.69, 9.17) is 21.1 Å². The van der Waals surface area contributed by atoms with Crippen LogP contribution >= 0.6 is 11.6 Å². The highest BCUT2D eigenvalue weighted by molar-refractivity contribution is 6.31. The summed E-state index contributed by atoms with van der Waals surface area (Å²) in [4.78, 5) is 43.6. The number of fused-ring (bicyclic) bond motifs is 1. The van der Waals surface area contributed by atoms with Crippen LogP contribution in [-0.2, 0) is 25.7 Å². The normalized spacial score (nSPS) is 33.0. The third-order valence-corrected chi connectivity index (χ3v) is 9.95. The molecule has 1 saturated carbocycles. The summed E-state index contributed by atoms with van der Waals surface area (Å²) in [5, 5.41) is 5.91. The summed E-state index contributed by atoms with van der Waals surface area (Å²) >= 11 is 5.92. The molecular weight excluding hydrogens is 561 g/mol. The largest absolute Gasteiger partial charge is 0.497 e. The minimum atomic E-state index is -1.29. The summed E-state index contributed by atoms with van der Waals surface area (Å²) in [6.45, 7) is 4.53. The minimum Gasteiger partial charge on any atom is -0.497 e. The Kier molecular flexibility index (Phi) is 7.51. The first-order valence-corrected chi connectivity index (χ1v) is 14.9. The van der Waals surface area contributed by atoms with E-state index in [0.29, 0.717) is 23.3 Å². The number of nitrogens with one attached hydrogen (secondary N) is 2. The number of hydrogen-bond acceptors (Lipinski definition) is 5. The standard InChI is InChI=1S/C32H35ClFN3O5/c1-17-5-4-6-24(18(17)2)36-30(39)28-32-14-13-25(42-32)26(29(38)35-20-9-12-23(34)22(33)15-20)27(32)31(40)37(28)16-19-7-10-21(41-3)11-8-19/h7-15,17-18,24-28H,4-6,16H2,1-3H3,(H,35,38)(H,36,39)/t17-,18+,24+,25+,26+,27+,28-,32-/m0/s1. The minimum absolute atomic E-state index is 0.0143. The van der Waals surface area contributed by atoms with Gasteiger partial charge in [-0.2, -0.15) is 0 Å². The molecule has 42 heavy (non-hydrogen) atoms. The molecule has 0 aromatic heterocycles. The molecule has 0 unspecified atom stereocenters. The van der Waals surface area contributed by atoms with Crippen LogP contribution < -0.4 is 15.4 Å². The van der Waals surface area contributed by atoms with Crippen molar-refractivity contribution in [3.8, 4) is 5.75 Å². The quantitative estimate of drug-likeness (QED) is 0.452. The maximum Gasteiger partial charge on any atom is 0.246 e. The fraction of sp³-hybridized carbons (Fsp3) is 0.469. The maximum absolute atomic E-state index is 14.2. The fourth-order valence-electron chi connectivity index (χ4n) is 7.21. The van der Waals surface area contributed by atoms with E-state index in [1.165, 1.54) is 18.2 Å². The van der Waals surface area contributed by atoms with Crippen molar-refractivity contribution >= 4 is 35.0 Å². The second-order valence-electron chi connectivity index (χ2n) is 12.0. The Bertz CT molecular complexity index is 1430. The summed E-state index contributed by atoms with van der Waals surface area (Å²) in [6, 6.07) is 10.3. The van der Waals surface area contributed by atoms with Crippen LogP contribution in [0.15, 0.2) is 54.6 Å². The molecule has 2 N–H and O–H groups in total. The molecule has 8 nitrogen and oxygen atoms in total. The highest BCUT2D eigenvalue weighted by atomic mass is 35.5. The number of carbonyl (C=O) groups excluding carboxylic acids is 3. The molecule has 6 rings (SSSR count). The lowest BCUT2D eigenvalue weighted by Gasteiger charge is -2.38. The van der Waals surface area contributed by atoms with Crippen molar-refractivity contribution in [1.82, 2.24) is 10.2 Å². The lowest BCUT2D eigenvalue weighted by Crippen LogP contribution is -2.57. The van der Waals surface area contributed by atoms with Gasteiger partial charge in [-0.3, -0.25) is 14.4 Å². The molecule has 1 aliphatic carbocycles. The van der Waals surface area contributed by atoms with Gasteiger partial charge < -0.3 is 25.0 Å². The Morgan fingerprint density at radius 2 is 1.90 bits per heavy atom. The number of nitrogens with zero attached hydrogens (tertiary/aromatic N) is 1. The summed E-state index contributed by atoms with van der Waals surface area (Å²) in [7, 11) is 1.58. The number of likely N-dealkylation sites (tertiary alicyclic amines) is 1. The van der Waals surface area contributed by atoms with Gasteiger partial charge in [0.1, 0.15) is 23.2 Å². The molecule has 4 aliphatic rings. The van der Waals surface area contributed by atoms with Crippen LogP contribution in [-0.4, -0.2) is 53.5 Å². The fourth-order valence-corrected chi connectivity index (χ4v) is 7.39. The van der Waals surface area contributed by atoms with Crippen LogP contribution in [0.5, 0.6) is 5.75 Å². The molecule has 3 amide bonds. The lowest BCUT2D eigenvalue weighted by atomic mass is 9.73. The third-order valence-electron chi connectivity index (χ3n) is 9.66. The monoisotopic (exact) mass is 595 g/mol. The van der Waals surface area contributed by atoms with Crippen molar-refractivity contribution in [3.05, 3.63) is 71.0 Å². The Morgan fingerprint density at radius 1 is 1.14 bits per heavy atom. The molecule has 222 valence electrons. The third kappa shape index (κ3) is 4.76. The SMILES string of the molecule is COc1ccc(CN2C(=O)[C@H]3[C@H](C(=O)Nc4ccc(F)c(Cl)c4)[C@H]4C=C[C@@]3(O4)[C@@H]2C(=O)N[C@@H]2CCC[C@H](C)[C@H]2C)cc1. The van der Waals surface area contributed by atoms with Crippen LogP contribution in [0.4, 0.5) is 10.1 Å². The number of halogens is 2. The number of methoxy groups -OCH3 is 1. The van der Waals surface area contributed by atoms with Crippen molar-refractivity contribution in [2.75, 3.05) is 12.4 Å². The summed E-state index contributed by atoms with van der Waals surface area (Å²) in [5.74, 6) is -1.98. The smallest absolute Gasteiger partial charge is 0.246 e. The van der Waals surface area contributed by atoms with Gasteiger partial charge in [-0.05, 0) is 54.2 Å². The van der Waals surface area contributed by atoms with Crippen molar-refractivity contribution in [2.45, 2.75) is 63.4 Å². The second kappa shape index (κ2) is 11.0. The molecule has 2 aromatic carbocycles. The first kappa shape index (κ1) is 28.7. The Hall–Kier alpha value is -3.43. The van der Waals surface area contributed by atoms with Crippen molar-refractivity contribution in [2.24, 2.45) is 23.7 Å². The molecule has 10 heteroatoms. The van der Waals surface area contributed by atoms with E-state index in [9.17, 15) is 18.8 Å². The number of hydrogen-bond donors (Lipinski definition) is 2. The zero-order valence-electron chi connectivity index (χ0n) is 23.8. The zero-order chi connectivity index (χ0) is 29.8. The van der Waals surface area contributed by atoms with Gasteiger partial charge in [-0.15, -0.1) is 0 Å². The number of benzene rings is 2. The maximum atomic E-state index is 14.2. The summed E-state index contributed by atoms with van der Waals surface area (Å²) in [5.41, 5.74) is -0.162. The Balaban J connectivity index is 1.32. The van der Waals surface area contributed by atoms with E-state index in [0.717, 1.165) is 24.8 Å². The summed E-state index contributed by atoms with van der Waals surface area (Å²) < 4.78 is 25.4. The second-order valence-corrected chi connectivity index (χ2v) is 12.4. The molecule has 8 atom stereocenters. The average Bonchev–Trinajstić information content (AvgIpc) is 3.61.